The minimum atomic E-state index is -3.03. The van der Waals surface area contributed by atoms with Gasteiger partial charge in [-0.05, 0) is 36.1 Å². The Balaban J connectivity index is 1.70. The van der Waals surface area contributed by atoms with Crippen molar-refractivity contribution in [3.8, 4) is 0 Å². The van der Waals surface area contributed by atoms with Crippen LogP contribution >= 0.6 is 22.9 Å². The third-order valence-electron chi connectivity index (χ3n) is 4.62. The van der Waals surface area contributed by atoms with Gasteiger partial charge in [-0.15, -0.1) is 11.3 Å². The average Bonchev–Trinajstić information content (AvgIpc) is 3.28. The van der Waals surface area contributed by atoms with Gasteiger partial charge in [0.25, 0.3) is 0 Å². The highest BCUT2D eigenvalue weighted by molar-refractivity contribution is 7.91. The highest BCUT2D eigenvalue weighted by Crippen LogP contribution is 2.24. The molecule has 1 aliphatic rings. The Kier molecular flexibility index (Phi) is 4.68. The van der Waals surface area contributed by atoms with Crippen molar-refractivity contribution in [2.45, 2.75) is 25.7 Å². The molecule has 0 saturated carbocycles. The summed E-state index contributed by atoms with van der Waals surface area (Å²) in [6.07, 6.45) is 0.568. The minimum Gasteiger partial charge on any atom is -0.408 e. The summed E-state index contributed by atoms with van der Waals surface area (Å²) in [5, 5.41) is 2.50. The maximum absolute atomic E-state index is 12.3. The fourth-order valence-electron chi connectivity index (χ4n) is 3.31. The van der Waals surface area contributed by atoms with Crippen molar-refractivity contribution in [3.63, 3.8) is 0 Å². The van der Waals surface area contributed by atoms with Gasteiger partial charge in [0.2, 0.25) is 0 Å². The third kappa shape index (κ3) is 3.59. The van der Waals surface area contributed by atoms with E-state index in [-0.39, 0.29) is 24.2 Å². The number of oxazole rings is 1. The Hall–Kier alpha value is -1.61. The van der Waals surface area contributed by atoms with Crippen molar-refractivity contribution in [1.29, 1.82) is 0 Å². The molecule has 1 fully saturated rings. The normalized spacial score (nSPS) is 19.5. The minimum absolute atomic E-state index is 0.115. The predicted octanol–water partition coefficient (Wildman–Crippen LogP) is 2.96. The molecule has 0 radical (unpaired) electrons. The van der Waals surface area contributed by atoms with Crippen LogP contribution in [-0.2, 0) is 23.1 Å². The highest BCUT2D eigenvalue weighted by Gasteiger charge is 2.33. The summed E-state index contributed by atoms with van der Waals surface area (Å²) in [5.74, 6) is -0.172. The molecule has 1 saturated heterocycles. The van der Waals surface area contributed by atoms with Gasteiger partial charge in [0, 0.05) is 22.5 Å². The molecule has 2 aromatic heterocycles. The topological polar surface area (TPSA) is 72.5 Å². The molecule has 1 aromatic carbocycles. The molecule has 0 amide bonds. The largest absolute Gasteiger partial charge is 0.421 e. The molecular weight excluding hydrogens is 396 g/mol. The van der Waals surface area contributed by atoms with Crippen molar-refractivity contribution >= 4 is 43.9 Å². The number of rotatable bonds is 5. The van der Waals surface area contributed by atoms with Gasteiger partial charge in [0.05, 0.1) is 23.7 Å². The molecule has 6 nitrogen and oxygen atoms in total. The molecule has 1 aliphatic heterocycles. The fourth-order valence-corrected chi connectivity index (χ4v) is 5.97. The summed E-state index contributed by atoms with van der Waals surface area (Å²) in [4.78, 5) is 15.5. The predicted molar refractivity (Wildman–Crippen MR) is 102 cm³/mol. The number of thiophene rings is 1. The van der Waals surface area contributed by atoms with Crippen molar-refractivity contribution in [3.05, 3.63) is 56.2 Å². The molecule has 3 heterocycles. The molecule has 0 bridgehead atoms. The number of hydrogen-bond acceptors (Lipinski definition) is 6. The van der Waals surface area contributed by atoms with Crippen molar-refractivity contribution in [2.24, 2.45) is 0 Å². The van der Waals surface area contributed by atoms with Gasteiger partial charge in [-0.3, -0.25) is 9.47 Å². The first-order valence-corrected chi connectivity index (χ1v) is 11.2. The number of nitrogens with zero attached hydrogens (tertiary/aromatic N) is 2. The quantitative estimate of drug-likeness (QED) is 0.644. The van der Waals surface area contributed by atoms with E-state index in [0.717, 1.165) is 4.88 Å². The first-order valence-electron chi connectivity index (χ1n) is 8.17. The van der Waals surface area contributed by atoms with E-state index in [0.29, 0.717) is 29.1 Å². The van der Waals surface area contributed by atoms with Gasteiger partial charge in [0.15, 0.2) is 15.4 Å². The number of halogens is 1. The van der Waals surface area contributed by atoms with E-state index >= 15 is 0 Å². The molecule has 138 valence electrons. The zero-order chi connectivity index (χ0) is 18.3. The van der Waals surface area contributed by atoms with E-state index in [1.54, 1.807) is 29.5 Å². The van der Waals surface area contributed by atoms with Gasteiger partial charge >= 0.3 is 5.76 Å². The van der Waals surface area contributed by atoms with Gasteiger partial charge in [-0.25, -0.2) is 13.2 Å². The number of fused-ring (bicyclic) bond motifs is 1. The second-order valence-corrected chi connectivity index (χ2v) is 10.1. The number of aromatic nitrogens is 1. The van der Waals surface area contributed by atoms with Crippen LogP contribution in [0.1, 0.15) is 11.3 Å². The lowest BCUT2D eigenvalue weighted by Crippen LogP contribution is -2.39. The fraction of sp³-hybridized carbons (Fsp3) is 0.353. The zero-order valence-electron chi connectivity index (χ0n) is 13.8. The monoisotopic (exact) mass is 412 g/mol. The number of benzene rings is 1. The molecule has 4 rings (SSSR count). The molecule has 0 aliphatic carbocycles. The Bertz CT molecular complexity index is 1090. The van der Waals surface area contributed by atoms with Gasteiger partial charge in [-0.1, -0.05) is 17.7 Å². The molecule has 9 heteroatoms. The van der Waals surface area contributed by atoms with Crippen LogP contribution in [0.2, 0.25) is 5.02 Å². The average molecular weight is 413 g/mol. The van der Waals surface area contributed by atoms with E-state index in [9.17, 15) is 13.2 Å². The summed E-state index contributed by atoms with van der Waals surface area (Å²) in [6.45, 7) is 0.835. The number of sulfone groups is 1. The molecule has 26 heavy (non-hydrogen) atoms. The standard InChI is InChI=1S/C17H17ClN2O4S2/c18-12-3-4-16-15(8-12)20(17(21)24-16)11-19(9-14-2-1-6-25-14)13-5-7-26(22,23)10-13/h1-4,6,8,13H,5,7,9-11H2/t13-/m1/s1. The van der Waals surface area contributed by atoms with Crippen LogP contribution in [-0.4, -0.2) is 35.4 Å². The Morgan fingerprint density at radius 3 is 2.88 bits per heavy atom. The van der Waals surface area contributed by atoms with Gasteiger partial charge < -0.3 is 4.42 Å². The van der Waals surface area contributed by atoms with E-state index in [4.69, 9.17) is 16.0 Å². The van der Waals surface area contributed by atoms with Crippen LogP contribution in [0.15, 0.2) is 44.9 Å². The first-order chi connectivity index (χ1) is 12.4. The van der Waals surface area contributed by atoms with Gasteiger partial charge in [-0.2, -0.15) is 0 Å². The summed E-state index contributed by atoms with van der Waals surface area (Å²) in [5.41, 5.74) is 1.08. The first kappa shape index (κ1) is 17.8. The van der Waals surface area contributed by atoms with Crippen molar-refractivity contribution in [2.75, 3.05) is 11.5 Å². The Morgan fingerprint density at radius 1 is 1.35 bits per heavy atom. The summed E-state index contributed by atoms with van der Waals surface area (Å²) < 4.78 is 30.7. The van der Waals surface area contributed by atoms with Crippen LogP contribution in [0.4, 0.5) is 0 Å². The van der Waals surface area contributed by atoms with E-state index in [1.165, 1.54) is 4.57 Å². The van der Waals surface area contributed by atoms with Crippen LogP contribution in [0, 0.1) is 0 Å². The Labute approximate surface area is 159 Å². The lowest BCUT2D eigenvalue weighted by atomic mass is 10.2. The highest BCUT2D eigenvalue weighted by atomic mass is 35.5. The molecule has 0 N–H and O–H groups in total. The van der Waals surface area contributed by atoms with E-state index in [2.05, 4.69) is 0 Å². The second-order valence-electron chi connectivity index (χ2n) is 6.43. The number of hydrogen-bond donors (Lipinski definition) is 0. The van der Waals surface area contributed by atoms with Crippen LogP contribution < -0.4 is 5.76 Å². The van der Waals surface area contributed by atoms with E-state index in [1.807, 2.05) is 22.4 Å². The Morgan fingerprint density at radius 2 is 2.19 bits per heavy atom. The maximum atomic E-state index is 12.3. The van der Waals surface area contributed by atoms with E-state index < -0.39 is 15.6 Å². The summed E-state index contributed by atoms with van der Waals surface area (Å²) >= 11 is 7.68. The molecule has 0 spiro atoms. The molecule has 0 unspecified atom stereocenters. The summed E-state index contributed by atoms with van der Waals surface area (Å²) in [6, 6.07) is 8.87. The molecule has 1 atom stereocenters. The van der Waals surface area contributed by atoms with Crippen molar-refractivity contribution in [1.82, 2.24) is 9.47 Å². The van der Waals surface area contributed by atoms with Crippen molar-refractivity contribution < 1.29 is 12.8 Å². The SMILES string of the molecule is O=c1oc2ccc(Cl)cc2n1CN(Cc1cccs1)[C@@H]1CCS(=O)(=O)C1. The van der Waals surface area contributed by atoms with Crippen LogP contribution in [0.25, 0.3) is 11.1 Å². The van der Waals surface area contributed by atoms with Crippen LogP contribution in [0.3, 0.4) is 0 Å². The van der Waals surface area contributed by atoms with Crippen LogP contribution in [0.5, 0.6) is 0 Å². The molecule has 3 aromatic rings. The van der Waals surface area contributed by atoms with Gasteiger partial charge in [0.1, 0.15) is 0 Å². The summed E-state index contributed by atoms with van der Waals surface area (Å²) in [7, 11) is -3.03. The smallest absolute Gasteiger partial charge is 0.408 e. The maximum Gasteiger partial charge on any atom is 0.421 e. The lowest BCUT2D eigenvalue weighted by molar-refractivity contribution is 0.154. The lowest BCUT2D eigenvalue weighted by Gasteiger charge is -2.27. The second kappa shape index (κ2) is 6.84. The molecular formula is C17H17ClN2O4S2. The zero-order valence-corrected chi connectivity index (χ0v) is 16.2. The third-order valence-corrected chi connectivity index (χ3v) is 7.46.